The van der Waals surface area contributed by atoms with Gasteiger partial charge in [0.2, 0.25) is 0 Å². The second-order valence-electron chi connectivity index (χ2n) is 3.66. The van der Waals surface area contributed by atoms with Gasteiger partial charge < -0.3 is 5.11 Å². The highest BCUT2D eigenvalue weighted by Crippen LogP contribution is 2.33. The van der Waals surface area contributed by atoms with E-state index in [1.165, 1.54) is 0 Å². The molecule has 82 valence electrons. The molecule has 0 bridgehead atoms. The summed E-state index contributed by atoms with van der Waals surface area (Å²) in [5, 5.41) is 22.1. The molecule has 2 rings (SSSR count). The Kier molecular flexibility index (Phi) is 2.11. The van der Waals surface area contributed by atoms with Crippen molar-refractivity contribution in [3.8, 4) is 0 Å². The Labute approximate surface area is 85.3 Å². The number of carbonyl (C=O) groups is 2. The third-order valence-electron chi connectivity index (χ3n) is 2.89. The van der Waals surface area contributed by atoms with Crippen LogP contribution in [0.3, 0.4) is 0 Å². The van der Waals surface area contributed by atoms with Crippen LogP contribution in [0.25, 0.3) is 0 Å². The Morgan fingerprint density at radius 3 is 2.93 bits per heavy atom. The van der Waals surface area contributed by atoms with Crippen LogP contribution in [0, 0.1) is 0 Å². The molecule has 1 aliphatic carbocycles. The van der Waals surface area contributed by atoms with Gasteiger partial charge in [0.25, 0.3) is 5.91 Å². The fourth-order valence-electron chi connectivity index (χ4n) is 2.12. The quantitative estimate of drug-likeness (QED) is 0.426. The molecule has 2 aliphatic rings. The van der Waals surface area contributed by atoms with Crippen molar-refractivity contribution in [2.45, 2.75) is 31.2 Å². The summed E-state index contributed by atoms with van der Waals surface area (Å²) >= 11 is 0. The van der Waals surface area contributed by atoms with Crippen LogP contribution >= 0.6 is 0 Å². The molecule has 7 heteroatoms. The summed E-state index contributed by atoms with van der Waals surface area (Å²) in [6.07, 6.45) is 0.810. The van der Waals surface area contributed by atoms with Gasteiger partial charge in [0, 0.05) is 0 Å². The number of rotatable bonds is 1. The zero-order chi connectivity index (χ0) is 11.1. The second kappa shape index (κ2) is 3.20. The highest BCUT2D eigenvalue weighted by molar-refractivity contribution is 6.18. The number of hydrazone groups is 1. The van der Waals surface area contributed by atoms with Gasteiger partial charge in [-0.2, -0.15) is 10.2 Å². The average molecular weight is 213 g/mol. The molecule has 15 heavy (non-hydrogen) atoms. The lowest BCUT2D eigenvalue weighted by Gasteiger charge is -2.35. The predicted molar refractivity (Wildman–Crippen MR) is 48.4 cm³/mol. The van der Waals surface area contributed by atoms with Crippen molar-refractivity contribution in [3.05, 3.63) is 0 Å². The summed E-state index contributed by atoms with van der Waals surface area (Å²) in [4.78, 5) is 22.3. The molecule has 1 fully saturated rings. The van der Waals surface area contributed by atoms with E-state index >= 15 is 0 Å². The third-order valence-corrected chi connectivity index (χ3v) is 2.89. The van der Waals surface area contributed by atoms with Crippen molar-refractivity contribution in [3.63, 3.8) is 0 Å². The van der Waals surface area contributed by atoms with Gasteiger partial charge >= 0.3 is 6.09 Å². The van der Waals surface area contributed by atoms with Gasteiger partial charge in [-0.05, 0) is 25.7 Å². The van der Waals surface area contributed by atoms with Gasteiger partial charge in [-0.3, -0.25) is 10.0 Å². The smallest absolute Gasteiger partial charge is 0.432 e. The van der Waals surface area contributed by atoms with Crippen LogP contribution in [0.1, 0.15) is 25.7 Å². The molecule has 0 radical (unpaired) electrons. The maximum atomic E-state index is 11.6. The zero-order valence-electron chi connectivity index (χ0n) is 7.93. The Morgan fingerprint density at radius 2 is 2.27 bits per heavy atom. The number of nitrogens with zero attached hydrogens (tertiary/aromatic N) is 2. The van der Waals surface area contributed by atoms with E-state index < -0.39 is 17.5 Å². The maximum absolute atomic E-state index is 11.6. The van der Waals surface area contributed by atoms with E-state index in [0.717, 1.165) is 6.42 Å². The predicted octanol–water partition coefficient (Wildman–Crippen LogP) is 0.154. The lowest BCUT2D eigenvalue weighted by molar-refractivity contribution is -0.153. The van der Waals surface area contributed by atoms with E-state index in [1.54, 1.807) is 0 Å². The molecule has 1 atom stereocenters. The van der Waals surface area contributed by atoms with Crippen molar-refractivity contribution in [2.75, 3.05) is 0 Å². The SMILES string of the molecule is O=C(O)N(O)C12CCCCC1=NNC2=O. The maximum Gasteiger partial charge on any atom is 0.432 e. The average Bonchev–Trinajstić information content (AvgIpc) is 2.57. The van der Waals surface area contributed by atoms with Gasteiger partial charge in [-0.1, -0.05) is 0 Å². The van der Waals surface area contributed by atoms with E-state index in [-0.39, 0.29) is 11.5 Å². The number of nitrogens with one attached hydrogen (secondary N) is 1. The first kappa shape index (κ1) is 9.91. The van der Waals surface area contributed by atoms with Crippen LogP contribution in [-0.4, -0.2) is 38.6 Å². The fraction of sp³-hybridized carbons (Fsp3) is 0.625. The van der Waals surface area contributed by atoms with Crippen molar-refractivity contribution < 1.29 is 19.9 Å². The van der Waals surface area contributed by atoms with Gasteiger partial charge in [-0.15, -0.1) is 0 Å². The number of hydrogen-bond acceptors (Lipinski definition) is 4. The third kappa shape index (κ3) is 1.19. The zero-order valence-corrected chi connectivity index (χ0v) is 7.93. The van der Waals surface area contributed by atoms with Crippen molar-refractivity contribution in [1.29, 1.82) is 0 Å². The Bertz CT molecular complexity index is 354. The van der Waals surface area contributed by atoms with Crippen LogP contribution in [0.15, 0.2) is 5.10 Å². The number of hydrogen-bond donors (Lipinski definition) is 3. The Morgan fingerprint density at radius 1 is 1.53 bits per heavy atom. The van der Waals surface area contributed by atoms with Gasteiger partial charge in [0.05, 0.1) is 5.71 Å². The molecule has 0 saturated heterocycles. The van der Waals surface area contributed by atoms with Crippen LogP contribution in [0.5, 0.6) is 0 Å². The number of fused-ring (bicyclic) bond motifs is 1. The minimum atomic E-state index is -1.54. The molecule has 3 N–H and O–H groups in total. The summed E-state index contributed by atoms with van der Waals surface area (Å²) in [7, 11) is 0. The largest absolute Gasteiger partial charge is 0.463 e. The van der Waals surface area contributed by atoms with E-state index in [1.807, 2.05) is 0 Å². The van der Waals surface area contributed by atoms with Crippen molar-refractivity contribution in [1.82, 2.24) is 10.5 Å². The van der Waals surface area contributed by atoms with E-state index in [2.05, 4.69) is 10.5 Å². The lowest BCUT2D eigenvalue weighted by Crippen LogP contribution is -2.60. The molecule has 2 amide bonds. The summed E-state index contributed by atoms with van der Waals surface area (Å²) in [5.41, 5.74) is 1.15. The Balaban J connectivity index is 2.40. The molecule has 7 nitrogen and oxygen atoms in total. The standard InChI is InChI=1S/C8H11N3O4/c12-6-8(11(15)7(13)14)4-2-1-3-5(8)9-10-6/h15H,1-4H2,(H,10,12)(H,13,14). The van der Waals surface area contributed by atoms with E-state index in [9.17, 15) is 14.8 Å². The molecule has 0 aromatic rings. The highest BCUT2D eigenvalue weighted by Gasteiger charge is 2.55. The Hall–Kier alpha value is -1.63. The van der Waals surface area contributed by atoms with Gasteiger partial charge in [0.15, 0.2) is 5.54 Å². The first-order valence-corrected chi connectivity index (χ1v) is 4.68. The number of carbonyl (C=O) groups excluding carboxylic acids is 1. The minimum Gasteiger partial charge on any atom is -0.463 e. The summed E-state index contributed by atoms with van der Waals surface area (Å²) in [6, 6.07) is 0. The molecule has 1 saturated carbocycles. The number of hydroxylamine groups is 2. The topological polar surface area (TPSA) is 102 Å². The van der Waals surface area contributed by atoms with Crippen molar-refractivity contribution >= 4 is 17.7 Å². The monoisotopic (exact) mass is 213 g/mol. The molecule has 1 unspecified atom stereocenters. The first-order chi connectivity index (χ1) is 7.09. The van der Waals surface area contributed by atoms with Crippen LogP contribution in [-0.2, 0) is 4.79 Å². The van der Waals surface area contributed by atoms with E-state index in [4.69, 9.17) is 5.11 Å². The van der Waals surface area contributed by atoms with Crippen LogP contribution in [0.4, 0.5) is 4.79 Å². The fourth-order valence-corrected chi connectivity index (χ4v) is 2.12. The van der Waals surface area contributed by atoms with Crippen molar-refractivity contribution in [2.24, 2.45) is 5.10 Å². The molecule has 1 aliphatic heterocycles. The minimum absolute atomic E-state index is 0.0767. The second-order valence-corrected chi connectivity index (χ2v) is 3.66. The normalized spacial score (nSPS) is 29.1. The van der Waals surface area contributed by atoms with Crippen LogP contribution in [0.2, 0.25) is 0 Å². The van der Waals surface area contributed by atoms with Gasteiger partial charge in [0.1, 0.15) is 0 Å². The first-order valence-electron chi connectivity index (χ1n) is 4.68. The molecular formula is C8H11N3O4. The number of amides is 2. The number of carboxylic acid groups (broad SMARTS) is 1. The summed E-state index contributed by atoms with van der Waals surface area (Å²) in [5.74, 6) is -0.567. The van der Waals surface area contributed by atoms with Gasteiger partial charge in [-0.25, -0.2) is 10.2 Å². The molecule has 1 heterocycles. The highest BCUT2D eigenvalue weighted by atomic mass is 16.6. The van der Waals surface area contributed by atoms with Crippen LogP contribution < -0.4 is 5.43 Å². The molecule has 0 aromatic heterocycles. The molecular weight excluding hydrogens is 202 g/mol. The summed E-state index contributed by atoms with van der Waals surface area (Å²) < 4.78 is 0. The molecule has 0 spiro atoms. The summed E-state index contributed by atoms with van der Waals surface area (Å²) in [6.45, 7) is 0. The molecule has 0 aromatic carbocycles. The lowest BCUT2D eigenvalue weighted by atomic mass is 9.80. The van der Waals surface area contributed by atoms with E-state index in [0.29, 0.717) is 18.6 Å².